The van der Waals surface area contributed by atoms with Gasteiger partial charge in [-0.15, -0.1) is 11.3 Å². The molecule has 0 unspecified atom stereocenters. The lowest BCUT2D eigenvalue weighted by Gasteiger charge is -2.29. The van der Waals surface area contributed by atoms with Crippen molar-refractivity contribution < 1.29 is 0 Å². The number of aromatic nitrogens is 1. The van der Waals surface area contributed by atoms with Gasteiger partial charge in [0.2, 0.25) is 0 Å². The molecule has 0 amide bonds. The van der Waals surface area contributed by atoms with Gasteiger partial charge in [0.15, 0.2) is 3.92 Å². The van der Waals surface area contributed by atoms with E-state index in [-0.39, 0.29) is 5.54 Å². The van der Waals surface area contributed by atoms with Crippen LogP contribution < -0.4 is 5.32 Å². The second-order valence-electron chi connectivity index (χ2n) is 3.75. The highest BCUT2D eigenvalue weighted by atomic mass is 79.9. The summed E-state index contributed by atoms with van der Waals surface area (Å²) in [4.78, 5) is 5.82. The summed E-state index contributed by atoms with van der Waals surface area (Å²) in [7, 11) is 0. The number of fused-ring (bicyclic) bond motifs is 1. The lowest BCUT2D eigenvalue weighted by molar-refractivity contribution is 0.361. The van der Waals surface area contributed by atoms with Crippen molar-refractivity contribution in [2.45, 2.75) is 32.4 Å². The van der Waals surface area contributed by atoms with E-state index < -0.39 is 0 Å². The number of halogens is 1. The third-order valence-corrected chi connectivity index (χ3v) is 3.64. The van der Waals surface area contributed by atoms with E-state index in [2.05, 4.69) is 40.1 Å². The number of rotatable bonds is 0. The Labute approximate surface area is 84.5 Å². The molecule has 0 aromatic carbocycles. The molecule has 0 radical (unpaired) electrons. The van der Waals surface area contributed by atoms with Crippen LogP contribution in [0.15, 0.2) is 3.92 Å². The average molecular weight is 247 g/mol. The van der Waals surface area contributed by atoms with Gasteiger partial charge in [-0.3, -0.25) is 0 Å². The van der Waals surface area contributed by atoms with Crippen LogP contribution in [-0.4, -0.2) is 10.5 Å². The number of nitrogens with one attached hydrogen (secondary N) is 1. The van der Waals surface area contributed by atoms with Crippen molar-refractivity contribution >= 4 is 27.3 Å². The maximum absolute atomic E-state index is 4.44. The molecule has 1 N–H and O–H groups in total. The van der Waals surface area contributed by atoms with Gasteiger partial charge in [0.05, 0.1) is 5.69 Å². The van der Waals surface area contributed by atoms with Crippen molar-refractivity contribution in [3.8, 4) is 0 Å². The number of hydrogen-bond acceptors (Lipinski definition) is 3. The van der Waals surface area contributed by atoms with Crippen molar-refractivity contribution in [2.24, 2.45) is 0 Å². The Balaban J connectivity index is 2.34. The molecule has 1 aromatic heterocycles. The Kier molecular flexibility index (Phi) is 2.01. The maximum atomic E-state index is 4.44. The number of hydrogen-bond donors (Lipinski definition) is 1. The fourth-order valence-corrected chi connectivity index (χ4v) is 2.97. The predicted molar refractivity (Wildman–Crippen MR) is 54.4 cm³/mol. The predicted octanol–water partition coefficient (Wildman–Crippen LogP) is 2.33. The van der Waals surface area contributed by atoms with E-state index in [9.17, 15) is 0 Å². The smallest absolute Gasteiger partial charge is 0.159 e. The topological polar surface area (TPSA) is 24.9 Å². The van der Waals surface area contributed by atoms with Gasteiger partial charge >= 0.3 is 0 Å². The Morgan fingerprint density at radius 2 is 2.33 bits per heavy atom. The molecular formula is C8H11BrN2S. The fraction of sp³-hybridized carbons (Fsp3) is 0.625. The van der Waals surface area contributed by atoms with Crippen LogP contribution in [-0.2, 0) is 13.0 Å². The van der Waals surface area contributed by atoms with Gasteiger partial charge < -0.3 is 5.32 Å². The fourth-order valence-electron chi connectivity index (χ4n) is 1.43. The molecule has 2 nitrogen and oxygen atoms in total. The zero-order valence-corrected chi connectivity index (χ0v) is 9.55. The summed E-state index contributed by atoms with van der Waals surface area (Å²) in [6.07, 6.45) is 1.03. The molecule has 0 saturated heterocycles. The molecule has 0 spiro atoms. The zero-order valence-electron chi connectivity index (χ0n) is 7.15. The highest BCUT2D eigenvalue weighted by Crippen LogP contribution is 2.29. The second-order valence-corrected chi connectivity index (χ2v) is 6.11. The molecule has 2 heterocycles. The van der Waals surface area contributed by atoms with Gasteiger partial charge in [-0.25, -0.2) is 4.98 Å². The summed E-state index contributed by atoms with van der Waals surface area (Å²) in [5.74, 6) is 0. The van der Waals surface area contributed by atoms with Crippen LogP contribution in [0.4, 0.5) is 0 Å². The average Bonchev–Trinajstić information content (AvgIpc) is 2.26. The van der Waals surface area contributed by atoms with E-state index in [1.807, 2.05) is 0 Å². The highest BCUT2D eigenvalue weighted by Gasteiger charge is 2.26. The van der Waals surface area contributed by atoms with Crippen molar-refractivity contribution in [3.05, 3.63) is 14.5 Å². The molecule has 0 fully saturated rings. The second kappa shape index (κ2) is 2.79. The van der Waals surface area contributed by atoms with E-state index >= 15 is 0 Å². The van der Waals surface area contributed by atoms with Gasteiger partial charge in [0.1, 0.15) is 0 Å². The van der Waals surface area contributed by atoms with Crippen LogP contribution in [0.25, 0.3) is 0 Å². The summed E-state index contributed by atoms with van der Waals surface area (Å²) in [5, 5.41) is 3.48. The summed E-state index contributed by atoms with van der Waals surface area (Å²) < 4.78 is 1.01. The Hall–Kier alpha value is 0.0700. The molecule has 0 bridgehead atoms. The first-order valence-corrected chi connectivity index (χ1v) is 5.57. The van der Waals surface area contributed by atoms with E-state index in [1.54, 1.807) is 11.3 Å². The standard InChI is InChI=1S/C8H11BrN2S/c1-8(2)3-5-6(4-10-8)12-7(9)11-5/h10H,3-4H2,1-2H3. The lowest BCUT2D eigenvalue weighted by atomic mass is 9.95. The minimum atomic E-state index is 0.209. The van der Waals surface area contributed by atoms with Gasteiger partial charge in [-0.05, 0) is 29.8 Å². The van der Waals surface area contributed by atoms with E-state index in [4.69, 9.17) is 0 Å². The Morgan fingerprint density at radius 3 is 3.08 bits per heavy atom. The van der Waals surface area contributed by atoms with Crippen molar-refractivity contribution in [3.63, 3.8) is 0 Å². The van der Waals surface area contributed by atoms with Gasteiger partial charge in [-0.1, -0.05) is 0 Å². The first-order valence-electron chi connectivity index (χ1n) is 3.96. The molecule has 66 valence electrons. The molecule has 1 aliphatic heterocycles. The summed E-state index contributed by atoms with van der Waals surface area (Å²) in [6.45, 7) is 5.39. The normalized spacial score (nSPS) is 20.6. The minimum Gasteiger partial charge on any atom is -0.306 e. The molecule has 1 aliphatic rings. The number of thiazole rings is 1. The third-order valence-electron chi connectivity index (χ3n) is 2.09. The van der Waals surface area contributed by atoms with E-state index in [0.29, 0.717) is 0 Å². The summed E-state index contributed by atoms with van der Waals surface area (Å²) in [5.41, 5.74) is 1.47. The highest BCUT2D eigenvalue weighted by molar-refractivity contribution is 9.11. The molecule has 4 heteroatoms. The van der Waals surface area contributed by atoms with Crippen LogP contribution >= 0.6 is 27.3 Å². The van der Waals surface area contributed by atoms with Gasteiger partial charge in [0.25, 0.3) is 0 Å². The van der Waals surface area contributed by atoms with Crippen LogP contribution in [0.3, 0.4) is 0 Å². The SMILES string of the molecule is CC1(C)Cc2nc(Br)sc2CN1. The van der Waals surface area contributed by atoms with Crippen LogP contribution in [0.1, 0.15) is 24.4 Å². The summed E-state index contributed by atoms with van der Waals surface area (Å²) >= 11 is 5.14. The zero-order chi connectivity index (χ0) is 8.77. The maximum Gasteiger partial charge on any atom is 0.159 e. The van der Waals surface area contributed by atoms with Gasteiger partial charge in [0, 0.05) is 23.4 Å². The lowest BCUT2D eigenvalue weighted by Crippen LogP contribution is -2.44. The Bertz CT molecular complexity index is 306. The first kappa shape index (κ1) is 8.66. The molecule has 1 aromatic rings. The third kappa shape index (κ3) is 1.56. The molecule has 0 atom stereocenters. The van der Waals surface area contributed by atoms with Crippen LogP contribution in [0, 0.1) is 0 Å². The molecule has 0 aliphatic carbocycles. The van der Waals surface area contributed by atoms with Crippen molar-refractivity contribution in [2.75, 3.05) is 0 Å². The van der Waals surface area contributed by atoms with Crippen molar-refractivity contribution in [1.29, 1.82) is 0 Å². The quantitative estimate of drug-likeness (QED) is 0.761. The molecule has 12 heavy (non-hydrogen) atoms. The monoisotopic (exact) mass is 246 g/mol. The molecule has 0 saturated carbocycles. The van der Waals surface area contributed by atoms with Crippen LogP contribution in [0.5, 0.6) is 0 Å². The molecular weight excluding hydrogens is 236 g/mol. The molecule has 2 rings (SSSR count). The van der Waals surface area contributed by atoms with E-state index in [0.717, 1.165) is 16.9 Å². The van der Waals surface area contributed by atoms with Crippen molar-refractivity contribution in [1.82, 2.24) is 10.3 Å². The minimum absolute atomic E-state index is 0.209. The van der Waals surface area contributed by atoms with Crippen LogP contribution in [0.2, 0.25) is 0 Å². The first-order chi connectivity index (χ1) is 5.57. The van der Waals surface area contributed by atoms with Gasteiger partial charge in [-0.2, -0.15) is 0 Å². The van der Waals surface area contributed by atoms with E-state index in [1.165, 1.54) is 10.6 Å². The Morgan fingerprint density at radius 1 is 1.58 bits per heavy atom. The summed E-state index contributed by atoms with van der Waals surface area (Å²) in [6, 6.07) is 0. The largest absolute Gasteiger partial charge is 0.306 e. The number of nitrogens with zero attached hydrogens (tertiary/aromatic N) is 1.